The summed E-state index contributed by atoms with van der Waals surface area (Å²) < 4.78 is 6.00. The van der Waals surface area contributed by atoms with Crippen molar-refractivity contribution in [2.24, 2.45) is 0 Å². The number of benzene rings is 1. The molecule has 1 aromatic carbocycles. The van der Waals surface area contributed by atoms with Crippen LogP contribution in [0, 0.1) is 3.57 Å². The van der Waals surface area contributed by atoms with Crippen molar-refractivity contribution in [3.05, 3.63) is 45.5 Å². The monoisotopic (exact) mass is 460 g/mol. The number of hydrogen-bond acceptors (Lipinski definition) is 5. The Labute approximate surface area is 160 Å². The Balaban J connectivity index is 0.00000208. The van der Waals surface area contributed by atoms with Crippen LogP contribution in [0.1, 0.15) is 10.4 Å². The maximum absolute atomic E-state index is 12.6. The van der Waals surface area contributed by atoms with Crippen molar-refractivity contribution in [3.8, 4) is 5.88 Å². The molecule has 0 spiro atoms. The molecule has 1 amide bonds. The molecule has 0 saturated carbocycles. The summed E-state index contributed by atoms with van der Waals surface area (Å²) in [7, 11) is 1.57. The average molecular weight is 461 g/mol. The van der Waals surface area contributed by atoms with E-state index in [0.717, 1.165) is 28.0 Å². The van der Waals surface area contributed by atoms with Gasteiger partial charge in [0.15, 0.2) is 5.82 Å². The Bertz CT molecular complexity index is 691. The van der Waals surface area contributed by atoms with Crippen molar-refractivity contribution in [3.63, 3.8) is 0 Å². The number of ether oxygens (including phenoxy) is 1. The molecule has 0 N–H and O–H groups in total. The fourth-order valence-electron chi connectivity index (χ4n) is 2.53. The van der Waals surface area contributed by atoms with E-state index in [2.05, 4.69) is 37.7 Å². The predicted molar refractivity (Wildman–Crippen MR) is 103 cm³/mol. The fourth-order valence-corrected chi connectivity index (χ4v) is 3.15. The van der Waals surface area contributed by atoms with E-state index in [1.807, 2.05) is 35.2 Å². The van der Waals surface area contributed by atoms with Gasteiger partial charge in [0.1, 0.15) is 0 Å². The molecule has 1 saturated heterocycles. The molecule has 1 aliphatic heterocycles. The van der Waals surface area contributed by atoms with Gasteiger partial charge in [-0.25, -0.2) is 0 Å². The number of halogens is 2. The van der Waals surface area contributed by atoms with Gasteiger partial charge in [-0.2, -0.15) is 0 Å². The number of rotatable bonds is 3. The lowest BCUT2D eigenvalue weighted by Gasteiger charge is -2.35. The Hall–Kier alpha value is -1.61. The van der Waals surface area contributed by atoms with Crippen molar-refractivity contribution in [2.45, 2.75) is 0 Å². The second-order valence-corrected chi connectivity index (χ2v) is 6.36. The lowest BCUT2D eigenvalue weighted by molar-refractivity contribution is 0.0745. The van der Waals surface area contributed by atoms with Crippen molar-refractivity contribution in [2.75, 3.05) is 38.2 Å². The molecule has 0 bridgehead atoms. The molecule has 0 unspecified atom stereocenters. The number of methoxy groups -OCH3 is 1. The third kappa shape index (κ3) is 4.07. The van der Waals surface area contributed by atoms with Crippen LogP contribution >= 0.6 is 35.0 Å². The molecule has 3 rings (SSSR count). The topological polar surface area (TPSA) is 58.6 Å². The number of aromatic nitrogens is 2. The zero-order valence-electron chi connectivity index (χ0n) is 13.2. The van der Waals surface area contributed by atoms with Crippen molar-refractivity contribution < 1.29 is 9.53 Å². The molecule has 0 atom stereocenters. The van der Waals surface area contributed by atoms with Gasteiger partial charge in [-0.05, 0) is 40.8 Å². The Morgan fingerprint density at radius 1 is 1.08 bits per heavy atom. The number of carbonyl (C=O) groups is 1. The minimum atomic E-state index is 0. The van der Waals surface area contributed by atoms with Crippen LogP contribution < -0.4 is 9.64 Å². The Morgan fingerprint density at radius 2 is 1.79 bits per heavy atom. The summed E-state index contributed by atoms with van der Waals surface area (Å²) in [5.41, 5.74) is 0.769. The molecule has 128 valence electrons. The zero-order chi connectivity index (χ0) is 16.2. The second-order valence-electron chi connectivity index (χ2n) is 5.19. The average Bonchev–Trinajstić information content (AvgIpc) is 2.62. The van der Waals surface area contributed by atoms with Gasteiger partial charge in [0.25, 0.3) is 5.91 Å². The quantitative estimate of drug-likeness (QED) is 0.659. The summed E-state index contributed by atoms with van der Waals surface area (Å²) in [5.74, 6) is 1.41. The van der Waals surface area contributed by atoms with Gasteiger partial charge < -0.3 is 14.5 Å². The third-order valence-electron chi connectivity index (χ3n) is 3.83. The highest BCUT2D eigenvalue weighted by molar-refractivity contribution is 14.1. The number of piperazine rings is 1. The largest absolute Gasteiger partial charge is 0.480 e. The van der Waals surface area contributed by atoms with Crippen LogP contribution in [0.2, 0.25) is 0 Å². The van der Waals surface area contributed by atoms with Crippen LogP contribution in [-0.2, 0) is 0 Å². The molecule has 2 aromatic rings. The summed E-state index contributed by atoms with van der Waals surface area (Å²) >= 11 is 2.20. The van der Waals surface area contributed by atoms with Crippen LogP contribution in [0.25, 0.3) is 0 Å². The van der Waals surface area contributed by atoms with Crippen LogP contribution in [0.4, 0.5) is 5.82 Å². The van der Waals surface area contributed by atoms with Crippen LogP contribution in [0.5, 0.6) is 5.88 Å². The summed E-state index contributed by atoms with van der Waals surface area (Å²) in [6.07, 6.45) is 0. The van der Waals surface area contributed by atoms with Gasteiger partial charge in [0, 0.05) is 35.8 Å². The van der Waals surface area contributed by atoms with Crippen molar-refractivity contribution in [1.29, 1.82) is 0 Å². The number of amides is 1. The highest BCUT2D eigenvalue weighted by Crippen LogP contribution is 2.18. The maximum Gasteiger partial charge on any atom is 0.255 e. The first-order chi connectivity index (χ1) is 11.2. The SMILES string of the molecule is COc1ccc(N2CCN(C(=O)c3ccccc3I)CC2)nn1.Cl. The van der Waals surface area contributed by atoms with Crippen molar-refractivity contribution >= 4 is 46.7 Å². The van der Waals surface area contributed by atoms with Gasteiger partial charge in [-0.15, -0.1) is 22.6 Å². The minimum absolute atomic E-state index is 0. The summed E-state index contributed by atoms with van der Waals surface area (Å²) in [6, 6.07) is 11.4. The number of nitrogens with zero attached hydrogens (tertiary/aromatic N) is 4. The van der Waals surface area contributed by atoms with E-state index in [4.69, 9.17) is 4.74 Å². The highest BCUT2D eigenvalue weighted by atomic mass is 127. The molecule has 1 aliphatic rings. The van der Waals surface area contributed by atoms with Gasteiger partial charge in [-0.1, -0.05) is 12.1 Å². The molecule has 0 aliphatic carbocycles. The van der Waals surface area contributed by atoms with E-state index >= 15 is 0 Å². The molecule has 24 heavy (non-hydrogen) atoms. The van der Waals surface area contributed by atoms with Crippen LogP contribution in [-0.4, -0.2) is 54.3 Å². The van der Waals surface area contributed by atoms with E-state index in [9.17, 15) is 4.79 Å². The summed E-state index contributed by atoms with van der Waals surface area (Å²) in [6.45, 7) is 2.85. The number of hydrogen-bond donors (Lipinski definition) is 0. The fraction of sp³-hybridized carbons (Fsp3) is 0.312. The van der Waals surface area contributed by atoms with Gasteiger partial charge in [-0.3, -0.25) is 4.79 Å². The molecule has 0 radical (unpaired) electrons. The van der Waals surface area contributed by atoms with Gasteiger partial charge >= 0.3 is 0 Å². The molecular weight excluding hydrogens is 443 g/mol. The van der Waals surface area contributed by atoms with Crippen molar-refractivity contribution in [1.82, 2.24) is 15.1 Å². The molecule has 1 fully saturated rings. The van der Waals surface area contributed by atoms with Gasteiger partial charge in [0.2, 0.25) is 5.88 Å². The van der Waals surface area contributed by atoms with E-state index < -0.39 is 0 Å². The standard InChI is InChI=1S/C16H17IN4O2.ClH/c1-23-15-7-6-14(18-19-15)20-8-10-21(11-9-20)16(22)12-4-2-3-5-13(12)17;/h2-7H,8-11H2,1H3;1H. The third-order valence-corrected chi connectivity index (χ3v) is 4.77. The Kier molecular flexibility index (Phi) is 6.61. The molecule has 2 heterocycles. The Morgan fingerprint density at radius 3 is 2.38 bits per heavy atom. The molecular formula is C16H18ClIN4O2. The second kappa shape index (κ2) is 8.48. The van der Waals surface area contributed by atoms with E-state index in [1.54, 1.807) is 13.2 Å². The number of carbonyl (C=O) groups excluding carboxylic acids is 1. The van der Waals surface area contributed by atoms with Crippen LogP contribution in [0.15, 0.2) is 36.4 Å². The van der Waals surface area contributed by atoms with Crippen LogP contribution in [0.3, 0.4) is 0 Å². The smallest absolute Gasteiger partial charge is 0.255 e. The summed E-state index contributed by atoms with van der Waals surface area (Å²) in [5, 5.41) is 8.15. The van der Waals surface area contributed by atoms with E-state index in [-0.39, 0.29) is 18.3 Å². The molecule has 8 heteroatoms. The lowest BCUT2D eigenvalue weighted by Crippen LogP contribution is -2.49. The highest BCUT2D eigenvalue weighted by Gasteiger charge is 2.24. The lowest BCUT2D eigenvalue weighted by atomic mass is 10.2. The number of anilines is 1. The minimum Gasteiger partial charge on any atom is -0.480 e. The first-order valence-electron chi connectivity index (χ1n) is 7.35. The maximum atomic E-state index is 12.6. The predicted octanol–water partition coefficient (Wildman–Crippen LogP) is 2.47. The molecule has 6 nitrogen and oxygen atoms in total. The van der Waals surface area contributed by atoms with Gasteiger partial charge in [0.05, 0.1) is 12.7 Å². The summed E-state index contributed by atoms with van der Waals surface area (Å²) in [4.78, 5) is 16.6. The van der Waals surface area contributed by atoms with E-state index in [0.29, 0.717) is 19.0 Å². The molecule has 1 aromatic heterocycles. The zero-order valence-corrected chi connectivity index (χ0v) is 16.2. The first kappa shape index (κ1) is 18.7. The first-order valence-corrected chi connectivity index (χ1v) is 8.43. The van der Waals surface area contributed by atoms with E-state index in [1.165, 1.54) is 0 Å². The normalized spacial score (nSPS) is 14.1.